The number of rotatable bonds is 7. The van der Waals surface area contributed by atoms with Crippen LogP contribution in [0, 0.1) is 28.9 Å². The van der Waals surface area contributed by atoms with Gasteiger partial charge in [-0.2, -0.15) is 0 Å². The van der Waals surface area contributed by atoms with Crippen LogP contribution in [0.4, 0.5) is 5.69 Å². The Hall–Kier alpha value is -3.90. The Labute approximate surface area is 185 Å². The predicted octanol–water partition coefficient (Wildman–Crippen LogP) is 3.17. The molecule has 0 fully saturated rings. The molecule has 0 aliphatic rings. The summed E-state index contributed by atoms with van der Waals surface area (Å²) in [4.78, 5) is 38.3. The molecule has 2 aromatic rings. The summed E-state index contributed by atoms with van der Waals surface area (Å²) in [7, 11) is 4.87. The van der Waals surface area contributed by atoms with Crippen LogP contribution in [0.1, 0.15) is 32.7 Å². The Morgan fingerprint density at radius 2 is 1.84 bits per heavy atom. The molecule has 0 unspecified atom stereocenters. The van der Waals surface area contributed by atoms with Gasteiger partial charge in [0.1, 0.15) is 17.9 Å². The van der Waals surface area contributed by atoms with Crippen molar-refractivity contribution in [1.29, 1.82) is 0 Å². The van der Waals surface area contributed by atoms with E-state index in [0.717, 1.165) is 7.11 Å². The van der Waals surface area contributed by atoms with Gasteiger partial charge >= 0.3 is 11.9 Å². The third-order valence-corrected chi connectivity index (χ3v) is 4.45. The normalized spacial score (nSPS) is 10.3. The van der Waals surface area contributed by atoms with Crippen LogP contribution in [0.5, 0.6) is 5.75 Å². The number of aromatic hydroxyl groups is 1. The van der Waals surface area contributed by atoms with Gasteiger partial charge in [0.15, 0.2) is 0 Å². The summed E-state index contributed by atoms with van der Waals surface area (Å²) in [6, 6.07) is 6.84. The van der Waals surface area contributed by atoms with Crippen molar-refractivity contribution in [2.75, 3.05) is 34.4 Å². The Morgan fingerprint density at radius 3 is 2.47 bits per heavy atom. The van der Waals surface area contributed by atoms with Crippen LogP contribution in [0.3, 0.4) is 0 Å². The lowest BCUT2D eigenvalue weighted by molar-refractivity contribution is -0.384. The monoisotopic (exact) mass is 440 g/mol. The Bertz CT molecular complexity index is 1100. The standard InChI is InChI=1S/C23H24N2O7/c1-15-14-18(26)21(22(27)31-4)20(16-10-6-7-11-17(16)25(29)30)19(15)23(28)32-13-9-5-8-12-24(2)3/h6-7,10-11,14,26H,9,12-13H2,1-4H3. The number of nitrogens with zero attached hydrogens (tertiary/aromatic N) is 2. The fraction of sp³-hybridized carbons (Fsp3) is 0.304. The van der Waals surface area contributed by atoms with E-state index in [9.17, 15) is 24.8 Å². The molecule has 0 aliphatic carbocycles. The average Bonchev–Trinajstić information content (AvgIpc) is 2.74. The lowest BCUT2D eigenvalue weighted by atomic mass is 9.89. The third-order valence-electron chi connectivity index (χ3n) is 4.45. The van der Waals surface area contributed by atoms with Gasteiger partial charge in [0.2, 0.25) is 0 Å². The molecule has 0 bridgehead atoms. The Kier molecular flexibility index (Phi) is 8.32. The van der Waals surface area contributed by atoms with Gasteiger partial charge in [0, 0.05) is 18.1 Å². The minimum Gasteiger partial charge on any atom is -0.507 e. The third kappa shape index (κ3) is 5.62. The molecule has 9 nitrogen and oxygen atoms in total. The van der Waals surface area contributed by atoms with Crippen LogP contribution in [-0.4, -0.2) is 61.2 Å². The van der Waals surface area contributed by atoms with Gasteiger partial charge in [-0.1, -0.05) is 24.0 Å². The molecule has 0 heterocycles. The first-order chi connectivity index (χ1) is 15.2. The maximum atomic E-state index is 13.0. The molecule has 0 atom stereocenters. The SMILES string of the molecule is COC(=O)c1c(O)cc(C)c(C(=O)OCCC#CCN(C)C)c1-c1ccccc1[N+](=O)[O-]. The number of phenolic OH excluding ortho intramolecular Hbond substituents is 1. The number of nitro groups is 1. The smallest absolute Gasteiger partial charge is 0.342 e. The molecule has 32 heavy (non-hydrogen) atoms. The highest BCUT2D eigenvalue weighted by molar-refractivity contribution is 6.09. The molecule has 0 saturated heterocycles. The molecule has 9 heteroatoms. The predicted molar refractivity (Wildman–Crippen MR) is 118 cm³/mol. The summed E-state index contributed by atoms with van der Waals surface area (Å²) >= 11 is 0. The first-order valence-corrected chi connectivity index (χ1v) is 9.65. The largest absolute Gasteiger partial charge is 0.507 e. The molecule has 0 radical (unpaired) electrons. The number of carbonyl (C=O) groups excluding carboxylic acids is 2. The number of esters is 2. The van der Waals surface area contributed by atoms with Crippen molar-refractivity contribution >= 4 is 17.6 Å². The molecule has 0 saturated carbocycles. The molecule has 168 valence electrons. The second-order valence-corrected chi connectivity index (χ2v) is 7.08. The van der Waals surface area contributed by atoms with E-state index in [1.807, 2.05) is 19.0 Å². The number of para-hydroxylation sites is 1. The highest BCUT2D eigenvalue weighted by Crippen LogP contribution is 2.40. The molecule has 1 N–H and O–H groups in total. The second-order valence-electron chi connectivity index (χ2n) is 7.08. The van der Waals surface area contributed by atoms with E-state index in [0.29, 0.717) is 13.0 Å². The fourth-order valence-corrected chi connectivity index (χ4v) is 3.05. The minimum absolute atomic E-state index is 0.0105. The van der Waals surface area contributed by atoms with Crippen molar-refractivity contribution in [2.24, 2.45) is 0 Å². The van der Waals surface area contributed by atoms with E-state index in [2.05, 4.69) is 11.8 Å². The zero-order chi connectivity index (χ0) is 23.8. The molecular weight excluding hydrogens is 416 g/mol. The summed E-state index contributed by atoms with van der Waals surface area (Å²) in [6.45, 7) is 2.09. The van der Waals surface area contributed by atoms with Gasteiger partial charge < -0.3 is 14.6 Å². The lowest BCUT2D eigenvalue weighted by Crippen LogP contribution is -2.15. The van der Waals surface area contributed by atoms with Crippen LogP contribution in [0.15, 0.2) is 30.3 Å². The molecule has 0 aliphatic heterocycles. The number of aryl methyl sites for hydroxylation is 1. The van der Waals surface area contributed by atoms with Crippen LogP contribution in [0.2, 0.25) is 0 Å². The quantitative estimate of drug-likeness (QED) is 0.229. The molecule has 2 aromatic carbocycles. The highest BCUT2D eigenvalue weighted by atomic mass is 16.6. The number of hydrogen-bond donors (Lipinski definition) is 1. The topological polar surface area (TPSA) is 119 Å². The van der Waals surface area contributed by atoms with Crippen LogP contribution >= 0.6 is 0 Å². The van der Waals surface area contributed by atoms with Crippen molar-refractivity contribution in [1.82, 2.24) is 4.90 Å². The van der Waals surface area contributed by atoms with Crippen LogP contribution in [-0.2, 0) is 9.47 Å². The van der Waals surface area contributed by atoms with E-state index < -0.39 is 22.6 Å². The van der Waals surface area contributed by atoms with Crippen molar-refractivity contribution in [3.05, 3.63) is 57.1 Å². The fourth-order valence-electron chi connectivity index (χ4n) is 3.05. The van der Waals surface area contributed by atoms with Gasteiger partial charge in [-0.15, -0.1) is 0 Å². The van der Waals surface area contributed by atoms with Crippen molar-refractivity contribution in [3.8, 4) is 28.7 Å². The van der Waals surface area contributed by atoms with Gasteiger partial charge in [0.25, 0.3) is 5.69 Å². The van der Waals surface area contributed by atoms with Crippen LogP contribution < -0.4 is 0 Å². The second kappa shape index (κ2) is 10.9. The summed E-state index contributed by atoms with van der Waals surface area (Å²) in [5.74, 6) is 3.60. The number of phenols is 1. The zero-order valence-corrected chi connectivity index (χ0v) is 18.3. The molecule has 2 rings (SSSR count). The van der Waals surface area contributed by atoms with E-state index in [4.69, 9.17) is 9.47 Å². The van der Waals surface area contributed by atoms with Gasteiger partial charge in [-0.3, -0.25) is 15.0 Å². The summed E-state index contributed by atoms with van der Waals surface area (Å²) < 4.78 is 10.1. The lowest BCUT2D eigenvalue weighted by Gasteiger charge is -2.17. The molecule has 0 aromatic heterocycles. The van der Waals surface area contributed by atoms with Gasteiger partial charge in [-0.25, -0.2) is 9.59 Å². The average molecular weight is 440 g/mol. The number of carbonyl (C=O) groups is 2. The number of nitro benzene ring substituents is 1. The van der Waals surface area contributed by atoms with E-state index >= 15 is 0 Å². The van der Waals surface area contributed by atoms with E-state index in [1.54, 1.807) is 0 Å². The van der Waals surface area contributed by atoms with E-state index in [1.165, 1.54) is 37.3 Å². The van der Waals surface area contributed by atoms with Gasteiger partial charge in [0.05, 0.1) is 29.7 Å². The molecule has 0 spiro atoms. The Balaban J connectivity index is 2.58. The van der Waals surface area contributed by atoms with E-state index in [-0.39, 0.29) is 40.1 Å². The summed E-state index contributed by atoms with van der Waals surface area (Å²) in [6.07, 6.45) is 0.293. The minimum atomic E-state index is -0.945. The zero-order valence-electron chi connectivity index (χ0n) is 18.3. The highest BCUT2D eigenvalue weighted by Gasteiger charge is 2.31. The number of ether oxygens (including phenoxy) is 2. The number of hydrogen-bond acceptors (Lipinski definition) is 8. The number of methoxy groups -OCH3 is 1. The first-order valence-electron chi connectivity index (χ1n) is 9.65. The number of benzene rings is 2. The maximum Gasteiger partial charge on any atom is 0.342 e. The van der Waals surface area contributed by atoms with Crippen molar-refractivity contribution < 1.29 is 29.1 Å². The maximum absolute atomic E-state index is 13.0. The van der Waals surface area contributed by atoms with Crippen LogP contribution in [0.25, 0.3) is 11.1 Å². The van der Waals surface area contributed by atoms with Crippen molar-refractivity contribution in [2.45, 2.75) is 13.3 Å². The van der Waals surface area contributed by atoms with Gasteiger partial charge in [-0.05, 0) is 38.7 Å². The molecule has 0 amide bonds. The summed E-state index contributed by atoms with van der Waals surface area (Å²) in [5, 5.41) is 22.1. The summed E-state index contributed by atoms with van der Waals surface area (Å²) in [5.41, 5.74) is -0.623. The molecular formula is C23H24N2O7. The first kappa shape index (κ1) is 24.4. The Morgan fingerprint density at radius 1 is 1.16 bits per heavy atom. The van der Waals surface area contributed by atoms with Crippen molar-refractivity contribution in [3.63, 3.8) is 0 Å².